The van der Waals surface area contributed by atoms with Crippen molar-refractivity contribution < 1.29 is 0 Å². The summed E-state index contributed by atoms with van der Waals surface area (Å²) in [7, 11) is 0. The highest BCUT2D eigenvalue weighted by Crippen LogP contribution is 1.97. The number of allylic oxidation sites excluding steroid dienone is 2. The largest absolute Gasteiger partial charge is 0.310 e. The van der Waals surface area contributed by atoms with Gasteiger partial charge < -0.3 is 5.32 Å². The average molecular weight is 181 g/mol. The normalized spacial score (nSPS) is 15.2. The fourth-order valence-electron chi connectivity index (χ4n) is 1.05. The molecule has 0 radical (unpaired) electrons. The lowest BCUT2D eigenvalue weighted by atomic mass is 10.2. The maximum Gasteiger partial charge on any atom is 0.0221 e. The van der Waals surface area contributed by atoms with Crippen LogP contribution in [0.5, 0.6) is 0 Å². The first-order valence-corrected chi connectivity index (χ1v) is 5.22. The molecule has 76 valence electrons. The van der Waals surface area contributed by atoms with E-state index in [1.165, 1.54) is 5.57 Å². The van der Waals surface area contributed by atoms with Crippen molar-refractivity contribution in [1.29, 1.82) is 0 Å². The summed E-state index contributed by atoms with van der Waals surface area (Å²) in [5, 5.41) is 3.46. The van der Waals surface area contributed by atoms with E-state index in [1.54, 1.807) is 0 Å². The van der Waals surface area contributed by atoms with Gasteiger partial charge in [-0.15, -0.1) is 0 Å². The summed E-state index contributed by atoms with van der Waals surface area (Å²) in [5.41, 5.74) is 1.46. The minimum atomic E-state index is 0.504. The monoisotopic (exact) mass is 181 g/mol. The van der Waals surface area contributed by atoms with E-state index in [1.807, 2.05) is 0 Å². The Kier molecular flexibility index (Phi) is 7.71. The Hall–Kier alpha value is -0.560. The van der Waals surface area contributed by atoms with E-state index in [0.29, 0.717) is 6.04 Å². The van der Waals surface area contributed by atoms with Gasteiger partial charge in [-0.1, -0.05) is 30.7 Å². The highest BCUT2D eigenvalue weighted by Gasteiger charge is 1.94. The van der Waals surface area contributed by atoms with Crippen LogP contribution >= 0.6 is 0 Å². The smallest absolute Gasteiger partial charge is 0.0221 e. The van der Waals surface area contributed by atoms with Crippen LogP contribution in [0, 0.1) is 0 Å². The third-order valence-electron chi connectivity index (χ3n) is 2.14. The van der Waals surface area contributed by atoms with Crippen LogP contribution in [0.25, 0.3) is 0 Å². The molecule has 0 bridgehead atoms. The summed E-state index contributed by atoms with van der Waals surface area (Å²) in [5.74, 6) is 0. The second kappa shape index (κ2) is 8.06. The Morgan fingerprint density at radius 3 is 2.69 bits per heavy atom. The molecule has 0 aliphatic carbocycles. The zero-order valence-electron chi connectivity index (χ0n) is 9.43. The van der Waals surface area contributed by atoms with Gasteiger partial charge in [-0.05, 0) is 40.2 Å². The Morgan fingerprint density at radius 2 is 2.15 bits per heavy atom. The van der Waals surface area contributed by atoms with E-state index in [2.05, 4.69) is 51.2 Å². The van der Waals surface area contributed by atoms with E-state index < -0.39 is 0 Å². The van der Waals surface area contributed by atoms with E-state index >= 15 is 0 Å². The van der Waals surface area contributed by atoms with E-state index in [4.69, 9.17) is 0 Å². The third kappa shape index (κ3) is 7.79. The summed E-state index contributed by atoms with van der Waals surface area (Å²) in [6.07, 6.45) is 8.89. The summed E-state index contributed by atoms with van der Waals surface area (Å²) < 4.78 is 0. The predicted molar refractivity (Wildman–Crippen MR) is 60.9 cm³/mol. The van der Waals surface area contributed by atoms with Crippen molar-refractivity contribution >= 4 is 0 Å². The molecule has 1 heteroatoms. The molecule has 0 aromatic rings. The minimum absolute atomic E-state index is 0.504. The molecule has 0 spiro atoms. The third-order valence-corrected chi connectivity index (χ3v) is 2.14. The van der Waals surface area contributed by atoms with Gasteiger partial charge in [0.2, 0.25) is 0 Å². The highest BCUT2D eigenvalue weighted by molar-refractivity contribution is 4.97. The summed E-state index contributed by atoms with van der Waals surface area (Å²) in [6.45, 7) is 9.69. The van der Waals surface area contributed by atoms with Gasteiger partial charge in [0.05, 0.1) is 0 Å². The molecule has 0 amide bonds. The predicted octanol–water partition coefficient (Wildman–Crippen LogP) is 3.29. The highest BCUT2D eigenvalue weighted by atomic mass is 14.9. The zero-order valence-corrected chi connectivity index (χ0v) is 9.43. The van der Waals surface area contributed by atoms with Gasteiger partial charge in [-0.3, -0.25) is 0 Å². The van der Waals surface area contributed by atoms with Crippen LogP contribution in [-0.4, -0.2) is 12.6 Å². The van der Waals surface area contributed by atoms with Crippen molar-refractivity contribution in [2.75, 3.05) is 6.54 Å². The number of nitrogens with one attached hydrogen (secondary N) is 1. The van der Waals surface area contributed by atoms with Gasteiger partial charge in [-0.25, -0.2) is 0 Å². The Labute approximate surface area is 82.9 Å². The average Bonchev–Trinajstić information content (AvgIpc) is 2.14. The molecule has 1 N–H and O–H groups in total. The maximum atomic E-state index is 3.46. The van der Waals surface area contributed by atoms with Crippen molar-refractivity contribution in [2.45, 2.75) is 46.6 Å². The number of rotatable bonds is 6. The summed E-state index contributed by atoms with van der Waals surface area (Å²) in [4.78, 5) is 0. The van der Waals surface area contributed by atoms with Crippen LogP contribution in [-0.2, 0) is 0 Å². The molecule has 0 aliphatic heterocycles. The molecule has 0 aromatic carbocycles. The van der Waals surface area contributed by atoms with E-state index in [0.717, 1.165) is 19.4 Å². The molecular formula is C12H23N. The van der Waals surface area contributed by atoms with Gasteiger partial charge in [0.1, 0.15) is 0 Å². The van der Waals surface area contributed by atoms with Crippen LogP contribution in [0.2, 0.25) is 0 Å². The first-order valence-electron chi connectivity index (χ1n) is 5.22. The molecule has 0 aliphatic rings. The van der Waals surface area contributed by atoms with Crippen molar-refractivity contribution in [3.8, 4) is 0 Å². The lowest BCUT2D eigenvalue weighted by Gasteiger charge is -2.09. The first-order chi connectivity index (χ1) is 6.20. The molecule has 0 rings (SSSR count). The number of hydrogen-bond acceptors (Lipinski definition) is 1. The standard InChI is InChI=1S/C12H23N/c1-5-7-8-12(4)13-10-9-11(3)6-2/h6-8,12-13H,5,9-10H2,1-4H3. The molecule has 0 aromatic heterocycles. The molecule has 1 unspecified atom stereocenters. The fraction of sp³-hybridized carbons (Fsp3) is 0.667. The molecule has 13 heavy (non-hydrogen) atoms. The molecular weight excluding hydrogens is 158 g/mol. The summed E-state index contributed by atoms with van der Waals surface area (Å²) >= 11 is 0. The second-order valence-electron chi connectivity index (χ2n) is 3.46. The van der Waals surface area contributed by atoms with Crippen molar-refractivity contribution in [1.82, 2.24) is 5.32 Å². The maximum absolute atomic E-state index is 3.46. The zero-order chi connectivity index (χ0) is 10.1. The lowest BCUT2D eigenvalue weighted by molar-refractivity contribution is 0.629. The molecule has 0 saturated heterocycles. The van der Waals surface area contributed by atoms with Gasteiger partial charge in [0.15, 0.2) is 0 Å². The Morgan fingerprint density at radius 1 is 1.46 bits per heavy atom. The van der Waals surface area contributed by atoms with Crippen molar-refractivity contribution in [3.05, 3.63) is 23.8 Å². The molecule has 0 fully saturated rings. The van der Waals surface area contributed by atoms with Crippen LogP contribution in [0.3, 0.4) is 0 Å². The quantitative estimate of drug-likeness (QED) is 0.620. The van der Waals surface area contributed by atoms with Crippen LogP contribution < -0.4 is 5.32 Å². The minimum Gasteiger partial charge on any atom is -0.310 e. The van der Waals surface area contributed by atoms with Gasteiger partial charge >= 0.3 is 0 Å². The summed E-state index contributed by atoms with van der Waals surface area (Å²) in [6, 6.07) is 0.504. The second-order valence-corrected chi connectivity index (χ2v) is 3.46. The number of hydrogen-bond donors (Lipinski definition) is 1. The van der Waals surface area contributed by atoms with Crippen molar-refractivity contribution in [3.63, 3.8) is 0 Å². The first kappa shape index (κ1) is 12.4. The SMILES string of the molecule is CC=C(C)CCNC(C)C=CCC. The molecule has 0 heterocycles. The topological polar surface area (TPSA) is 12.0 Å². The fourth-order valence-corrected chi connectivity index (χ4v) is 1.05. The van der Waals surface area contributed by atoms with Gasteiger partial charge in [0.25, 0.3) is 0 Å². The van der Waals surface area contributed by atoms with E-state index in [9.17, 15) is 0 Å². The van der Waals surface area contributed by atoms with Gasteiger partial charge in [-0.2, -0.15) is 0 Å². The van der Waals surface area contributed by atoms with Crippen molar-refractivity contribution in [2.24, 2.45) is 0 Å². The molecule has 1 atom stereocenters. The van der Waals surface area contributed by atoms with E-state index in [-0.39, 0.29) is 0 Å². The Bertz CT molecular complexity index is 168. The van der Waals surface area contributed by atoms with Crippen LogP contribution in [0.1, 0.15) is 40.5 Å². The van der Waals surface area contributed by atoms with Gasteiger partial charge in [0, 0.05) is 6.04 Å². The Balaban J connectivity index is 3.47. The molecule has 0 saturated carbocycles. The lowest BCUT2D eigenvalue weighted by Crippen LogP contribution is -2.25. The van der Waals surface area contributed by atoms with Crippen LogP contribution in [0.15, 0.2) is 23.8 Å². The molecule has 1 nitrogen and oxygen atoms in total. The van der Waals surface area contributed by atoms with Crippen LogP contribution in [0.4, 0.5) is 0 Å².